The van der Waals surface area contributed by atoms with Crippen LogP contribution >= 0.6 is 0 Å². The molecular formula is C35H43N7O2. The molecular weight excluding hydrogens is 550 g/mol. The number of carbonyl (C=O) groups is 2. The molecule has 2 amide bonds. The number of nitrogens with two attached hydrogens (primary N) is 1. The fourth-order valence-electron chi connectivity index (χ4n) is 6.55. The maximum atomic E-state index is 12.6. The lowest BCUT2D eigenvalue weighted by molar-refractivity contribution is -0.123. The number of nitrogens with one attached hydrogen (secondary N) is 4. The third kappa shape index (κ3) is 6.78. The minimum atomic E-state index is -0.733. The molecule has 0 saturated heterocycles. The van der Waals surface area contributed by atoms with Crippen LogP contribution < -0.4 is 27.0 Å². The molecule has 2 aliphatic carbocycles. The van der Waals surface area contributed by atoms with Crippen LogP contribution in [0.5, 0.6) is 0 Å². The summed E-state index contributed by atoms with van der Waals surface area (Å²) in [7, 11) is 0. The van der Waals surface area contributed by atoms with E-state index in [1.165, 1.54) is 48.2 Å². The van der Waals surface area contributed by atoms with Crippen molar-refractivity contribution in [1.29, 1.82) is 0 Å². The van der Waals surface area contributed by atoms with E-state index in [4.69, 9.17) is 15.7 Å². The van der Waals surface area contributed by atoms with Crippen LogP contribution in [-0.4, -0.2) is 54.0 Å². The molecule has 1 unspecified atom stereocenters. The summed E-state index contributed by atoms with van der Waals surface area (Å²) in [6.07, 6.45) is 9.26. The number of hydrogen-bond donors (Lipinski definition) is 5. The molecule has 9 heteroatoms. The Morgan fingerprint density at radius 3 is 1.75 bits per heavy atom. The largest absolute Gasteiger partial charge is 0.382 e. The summed E-state index contributed by atoms with van der Waals surface area (Å²) in [5, 5.41) is 15.3. The molecule has 0 aliphatic heterocycles. The van der Waals surface area contributed by atoms with Gasteiger partial charge in [0.15, 0.2) is 0 Å². The third-order valence-corrected chi connectivity index (χ3v) is 8.83. The molecule has 6 N–H and O–H groups in total. The molecule has 0 spiro atoms. The summed E-state index contributed by atoms with van der Waals surface area (Å²) in [4.78, 5) is 34.9. The molecule has 44 heavy (non-hydrogen) atoms. The summed E-state index contributed by atoms with van der Waals surface area (Å²) >= 11 is 0. The van der Waals surface area contributed by atoms with Crippen molar-refractivity contribution in [2.24, 2.45) is 5.73 Å². The first-order valence-corrected chi connectivity index (χ1v) is 16.2. The molecule has 2 heterocycles. The van der Waals surface area contributed by atoms with E-state index in [0.29, 0.717) is 32.6 Å². The van der Waals surface area contributed by atoms with Crippen LogP contribution in [0, 0.1) is 0 Å². The number of rotatable bonds is 12. The zero-order chi connectivity index (χ0) is 30.3. The Bertz CT molecular complexity index is 1650. The van der Waals surface area contributed by atoms with Gasteiger partial charge in [0.25, 0.3) is 0 Å². The van der Waals surface area contributed by atoms with E-state index >= 15 is 0 Å². The molecule has 1 atom stereocenters. The number of fused-ring (bicyclic) bond motifs is 4. The number of nitrogens with zero attached hydrogens (tertiary/aromatic N) is 2. The van der Waals surface area contributed by atoms with Crippen LogP contribution in [0.15, 0.2) is 48.5 Å². The van der Waals surface area contributed by atoms with Gasteiger partial charge in [0.1, 0.15) is 0 Å². The second kappa shape index (κ2) is 14.0. The number of hydrogen-bond acceptors (Lipinski definition) is 7. The van der Waals surface area contributed by atoms with Crippen LogP contribution in [0.3, 0.4) is 0 Å². The van der Waals surface area contributed by atoms with Crippen LogP contribution in [0.1, 0.15) is 61.0 Å². The lowest BCUT2D eigenvalue weighted by atomic mass is 9.92. The second-order valence-electron chi connectivity index (χ2n) is 11.9. The van der Waals surface area contributed by atoms with Gasteiger partial charge in [-0.2, -0.15) is 0 Å². The van der Waals surface area contributed by atoms with Gasteiger partial charge < -0.3 is 27.0 Å². The van der Waals surface area contributed by atoms with Gasteiger partial charge in [-0.25, -0.2) is 0 Å². The fraction of sp³-hybridized carbons (Fsp3) is 0.429. The van der Waals surface area contributed by atoms with Gasteiger partial charge in [-0.15, -0.1) is 0 Å². The summed E-state index contributed by atoms with van der Waals surface area (Å²) in [6.45, 7) is 2.14. The highest BCUT2D eigenvalue weighted by atomic mass is 16.2. The van der Waals surface area contributed by atoms with Gasteiger partial charge in [-0.05, 0) is 81.0 Å². The van der Waals surface area contributed by atoms with E-state index < -0.39 is 6.04 Å². The second-order valence-corrected chi connectivity index (χ2v) is 11.9. The molecule has 2 aromatic heterocycles. The lowest BCUT2D eigenvalue weighted by Crippen LogP contribution is -2.43. The van der Waals surface area contributed by atoms with Crippen molar-refractivity contribution >= 4 is 45.0 Å². The fourth-order valence-corrected chi connectivity index (χ4v) is 6.55. The number of aromatic nitrogens is 2. The first-order valence-electron chi connectivity index (χ1n) is 16.2. The molecule has 0 fully saturated rings. The van der Waals surface area contributed by atoms with E-state index in [1.807, 2.05) is 24.3 Å². The highest BCUT2D eigenvalue weighted by molar-refractivity contribution is 5.94. The predicted octanol–water partition coefficient (Wildman–Crippen LogP) is 4.40. The van der Waals surface area contributed by atoms with Crippen molar-refractivity contribution in [1.82, 2.24) is 20.6 Å². The maximum Gasteiger partial charge on any atom is 0.236 e. The summed E-state index contributed by atoms with van der Waals surface area (Å²) in [5.41, 5.74) is 15.4. The van der Waals surface area contributed by atoms with Crippen molar-refractivity contribution in [3.63, 3.8) is 0 Å². The summed E-state index contributed by atoms with van der Waals surface area (Å²) in [6, 6.07) is 15.7. The van der Waals surface area contributed by atoms with Crippen molar-refractivity contribution < 1.29 is 9.59 Å². The first kappa shape index (κ1) is 29.8. The Hall–Kier alpha value is -4.24. The summed E-state index contributed by atoms with van der Waals surface area (Å²) < 4.78 is 0. The van der Waals surface area contributed by atoms with Crippen LogP contribution in [0.25, 0.3) is 21.8 Å². The Labute approximate surface area is 258 Å². The third-order valence-electron chi connectivity index (χ3n) is 8.83. The van der Waals surface area contributed by atoms with E-state index in [0.717, 1.165) is 58.9 Å². The normalized spacial score (nSPS) is 14.8. The number of para-hydroxylation sites is 2. The lowest BCUT2D eigenvalue weighted by Gasteiger charge is -2.22. The molecule has 9 nitrogen and oxygen atoms in total. The minimum Gasteiger partial charge on any atom is -0.382 e. The summed E-state index contributed by atoms with van der Waals surface area (Å²) in [5.74, 6) is -0.343. The van der Waals surface area contributed by atoms with E-state index in [2.05, 4.69) is 45.5 Å². The predicted molar refractivity (Wildman–Crippen MR) is 177 cm³/mol. The Balaban J connectivity index is 0.926. The zero-order valence-corrected chi connectivity index (χ0v) is 25.4. The number of pyridine rings is 2. The van der Waals surface area contributed by atoms with Crippen molar-refractivity contribution in [3.8, 4) is 0 Å². The number of anilines is 2. The molecule has 2 aliphatic rings. The maximum absolute atomic E-state index is 12.6. The zero-order valence-electron chi connectivity index (χ0n) is 25.4. The Morgan fingerprint density at radius 1 is 0.682 bits per heavy atom. The Morgan fingerprint density at radius 2 is 1.18 bits per heavy atom. The van der Waals surface area contributed by atoms with Crippen LogP contribution in [-0.2, 0) is 35.3 Å². The highest BCUT2D eigenvalue weighted by Gasteiger charge is 2.20. The number of amides is 2. The van der Waals surface area contributed by atoms with E-state index in [9.17, 15) is 9.59 Å². The van der Waals surface area contributed by atoms with Gasteiger partial charge >= 0.3 is 0 Å². The average Bonchev–Trinajstić information content (AvgIpc) is 3.06. The Kier molecular flexibility index (Phi) is 9.51. The van der Waals surface area contributed by atoms with Crippen molar-refractivity contribution in [2.45, 2.75) is 70.3 Å². The molecule has 2 aromatic carbocycles. The molecule has 230 valence electrons. The first-order chi connectivity index (χ1) is 21.6. The van der Waals surface area contributed by atoms with Gasteiger partial charge in [-0.1, -0.05) is 36.4 Å². The molecule has 4 aromatic rings. The van der Waals surface area contributed by atoms with E-state index in [-0.39, 0.29) is 18.2 Å². The molecule has 0 saturated carbocycles. The number of aryl methyl sites for hydroxylation is 2. The van der Waals surface area contributed by atoms with Gasteiger partial charge in [0, 0.05) is 66.1 Å². The molecule has 6 rings (SSSR count). The monoisotopic (exact) mass is 593 g/mol. The van der Waals surface area contributed by atoms with Gasteiger partial charge in [0.2, 0.25) is 11.8 Å². The molecule has 0 bridgehead atoms. The standard InChI is InChI=1S/C35H43N7O2/c36-27(35(44)40-22-21-39-34-25-11-3-7-15-30(25)42-31-16-8-4-12-26(31)34)17-18-32(43)37-19-20-38-33-23-9-1-5-13-28(23)41-29-14-6-2-10-24(29)33/h1,3,5,7,9,11,13,15,27H,2,4,6,8,10,12,14,16-22,36H2,(H,37,43)(H,38,41)(H,39,42)(H,40,44). The number of benzene rings is 2. The minimum absolute atomic E-state index is 0.104. The SMILES string of the molecule is NC(CCC(=O)NCCNc1c2c(nc3ccccc13)CCCC2)C(=O)NCCNc1c2c(nc3ccccc13)CCCC2. The smallest absolute Gasteiger partial charge is 0.236 e. The van der Waals surface area contributed by atoms with Crippen LogP contribution in [0.4, 0.5) is 11.4 Å². The van der Waals surface area contributed by atoms with Gasteiger partial charge in [-0.3, -0.25) is 19.6 Å². The average molecular weight is 594 g/mol. The van der Waals surface area contributed by atoms with E-state index in [1.54, 1.807) is 0 Å². The van der Waals surface area contributed by atoms with Crippen molar-refractivity contribution in [2.75, 3.05) is 36.8 Å². The quantitative estimate of drug-likeness (QED) is 0.154. The van der Waals surface area contributed by atoms with Gasteiger partial charge in [0.05, 0.1) is 17.1 Å². The number of carbonyl (C=O) groups excluding carboxylic acids is 2. The van der Waals surface area contributed by atoms with Crippen LogP contribution in [0.2, 0.25) is 0 Å². The molecule has 0 radical (unpaired) electrons. The highest BCUT2D eigenvalue weighted by Crippen LogP contribution is 2.34. The van der Waals surface area contributed by atoms with Crippen molar-refractivity contribution in [3.05, 3.63) is 71.0 Å². The topological polar surface area (TPSA) is 134 Å².